The number of carboxylic acid groups (broad SMARTS) is 1. The number of ketones is 1. The van der Waals surface area contributed by atoms with Gasteiger partial charge in [0.1, 0.15) is 0 Å². The van der Waals surface area contributed by atoms with E-state index in [4.69, 9.17) is 0 Å². The van der Waals surface area contributed by atoms with Crippen LogP contribution < -0.4 is 0 Å². The lowest BCUT2D eigenvalue weighted by Gasteiger charge is -2.38. The van der Waals surface area contributed by atoms with Crippen LogP contribution in [0.25, 0.3) is 10.8 Å². The molecule has 46 heavy (non-hydrogen) atoms. The van der Waals surface area contributed by atoms with Crippen molar-refractivity contribution < 1.29 is 24.3 Å². The van der Waals surface area contributed by atoms with E-state index in [0.29, 0.717) is 40.3 Å². The number of nitrogens with zero attached hydrogens (tertiary/aromatic N) is 1. The average Bonchev–Trinajstić information content (AvgIpc) is 3.05. The number of unbranched alkanes of at least 4 members (excludes halogenated alkanes) is 9. The third-order valence-electron chi connectivity index (χ3n) is 11.3. The summed E-state index contributed by atoms with van der Waals surface area (Å²) in [4.78, 5) is 55.3. The highest BCUT2D eigenvalue weighted by atomic mass is 16.4. The summed E-state index contributed by atoms with van der Waals surface area (Å²) in [6.45, 7) is 4.50. The molecule has 250 valence electrons. The molecule has 1 heterocycles. The van der Waals surface area contributed by atoms with Crippen molar-refractivity contribution in [1.82, 2.24) is 4.90 Å². The molecule has 0 saturated heterocycles. The molecule has 2 amide bonds. The second-order valence-corrected chi connectivity index (χ2v) is 14.8. The molecule has 0 aromatic heterocycles. The molecule has 3 aliphatic rings. The zero-order valence-corrected chi connectivity index (χ0v) is 28.3. The zero-order chi connectivity index (χ0) is 32.6. The predicted octanol–water partition coefficient (Wildman–Crippen LogP) is 10.4. The van der Waals surface area contributed by atoms with E-state index in [1.54, 1.807) is 18.2 Å². The van der Waals surface area contributed by atoms with Gasteiger partial charge in [0.15, 0.2) is 5.78 Å². The van der Waals surface area contributed by atoms with Crippen LogP contribution in [0.3, 0.4) is 0 Å². The fourth-order valence-electron chi connectivity index (χ4n) is 8.46. The standard InChI is InChI=1S/C40H55NO5/c1-3-4-5-6-7-8-9-10-11-12-13-28-18-20-30(21-19-28)41-38(43)32-23-22-31(35(42)26-29-16-14-27(2)15-17-29)36-34(40(45)46)25-24-33(37(32)36)39(41)44/h22-25,27-30H,3-21,26H2,1-2H3,(H,45,46). The molecule has 1 N–H and O–H groups in total. The van der Waals surface area contributed by atoms with E-state index >= 15 is 0 Å². The normalized spacial score (nSPS) is 23.2. The van der Waals surface area contributed by atoms with Gasteiger partial charge in [0, 0.05) is 39.9 Å². The van der Waals surface area contributed by atoms with Crippen molar-refractivity contribution in [2.45, 2.75) is 148 Å². The molecule has 1 aliphatic heterocycles. The average molecular weight is 630 g/mol. The zero-order valence-electron chi connectivity index (χ0n) is 28.3. The number of hydrogen-bond donors (Lipinski definition) is 1. The molecule has 2 aromatic rings. The van der Waals surface area contributed by atoms with Crippen molar-refractivity contribution in [1.29, 1.82) is 0 Å². The number of benzene rings is 2. The number of carbonyl (C=O) groups excluding carboxylic acids is 3. The molecular formula is C40H55NO5. The Kier molecular flexibility index (Phi) is 12.1. The molecule has 0 unspecified atom stereocenters. The maximum absolute atomic E-state index is 13.9. The first-order valence-electron chi connectivity index (χ1n) is 18.5. The molecule has 6 nitrogen and oxygen atoms in total. The van der Waals surface area contributed by atoms with E-state index in [2.05, 4.69) is 13.8 Å². The molecular weight excluding hydrogens is 574 g/mol. The van der Waals surface area contributed by atoms with E-state index in [1.165, 1.54) is 81.6 Å². The van der Waals surface area contributed by atoms with Crippen molar-refractivity contribution in [3.8, 4) is 0 Å². The molecule has 6 heteroatoms. The van der Waals surface area contributed by atoms with Crippen molar-refractivity contribution in [3.63, 3.8) is 0 Å². The molecule has 2 saturated carbocycles. The topological polar surface area (TPSA) is 91.8 Å². The van der Waals surface area contributed by atoms with Crippen molar-refractivity contribution in [2.24, 2.45) is 17.8 Å². The number of Topliss-reactive ketones (excluding diaryl/α,β-unsaturated/α-hetero) is 1. The summed E-state index contributed by atoms with van der Waals surface area (Å²) in [5, 5.41) is 10.7. The van der Waals surface area contributed by atoms with Gasteiger partial charge in [-0.25, -0.2) is 4.79 Å². The minimum atomic E-state index is -1.16. The van der Waals surface area contributed by atoms with Gasteiger partial charge in [0.05, 0.1) is 5.56 Å². The molecule has 5 rings (SSSR count). The first kappa shape index (κ1) is 34.3. The van der Waals surface area contributed by atoms with Gasteiger partial charge in [0.2, 0.25) is 0 Å². The van der Waals surface area contributed by atoms with Crippen LogP contribution in [-0.2, 0) is 0 Å². The molecule has 0 spiro atoms. The first-order chi connectivity index (χ1) is 22.3. The Morgan fingerprint density at radius 1 is 0.674 bits per heavy atom. The van der Waals surface area contributed by atoms with Crippen LogP contribution in [0.15, 0.2) is 24.3 Å². The number of rotatable bonds is 16. The van der Waals surface area contributed by atoms with Gasteiger partial charge in [-0.2, -0.15) is 0 Å². The monoisotopic (exact) mass is 629 g/mol. The molecule has 0 bridgehead atoms. The number of carbonyl (C=O) groups is 4. The molecule has 0 atom stereocenters. The smallest absolute Gasteiger partial charge is 0.336 e. The number of hydrogen-bond acceptors (Lipinski definition) is 4. The van der Waals surface area contributed by atoms with Crippen molar-refractivity contribution in [3.05, 3.63) is 46.5 Å². The molecule has 2 fully saturated rings. The maximum atomic E-state index is 13.9. The van der Waals surface area contributed by atoms with Crippen LogP contribution in [-0.4, -0.2) is 39.6 Å². The summed E-state index contributed by atoms with van der Waals surface area (Å²) in [6.07, 6.45) is 22.8. The van der Waals surface area contributed by atoms with E-state index in [1.807, 2.05) is 0 Å². The Balaban J connectivity index is 1.22. The van der Waals surface area contributed by atoms with E-state index in [0.717, 1.165) is 51.4 Å². The molecule has 2 aliphatic carbocycles. The highest BCUT2D eigenvalue weighted by Gasteiger charge is 2.40. The fraction of sp³-hybridized carbons (Fsp3) is 0.650. The Hall–Kier alpha value is -3.02. The summed E-state index contributed by atoms with van der Waals surface area (Å²) in [6, 6.07) is 6.13. The van der Waals surface area contributed by atoms with Gasteiger partial charge in [-0.3, -0.25) is 19.3 Å². The fourth-order valence-corrected chi connectivity index (χ4v) is 8.46. The van der Waals surface area contributed by atoms with Crippen molar-refractivity contribution >= 4 is 34.3 Å². The number of imide groups is 1. The minimum absolute atomic E-state index is 0.0252. The van der Waals surface area contributed by atoms with Gasteiger partial charge in [-0.05, 0) is 80.5 Å². The van der Waals surface area contributed by atoms with Gasteiger partial charge >= 0.3 is 5.97 Å². The van der Waals surface area contributed by atoms with E-state index < -0.39 is 5.97 Å². The Labute approximate surface area is 275 Å². The second-order valence-electron chi connectivity index (χ2n) is 14.8. The van der Waals surface area contributed by atoms with Crippen LogP contribution in [0.4, 0.5) is 0 Å². The summed E-state index contributed by atoms with van der Waals surface area (Å²) in [5.74, 6) is -0.380. The Morgan fingerprint density at radius 2 is 1.20 bits per heavy atom. The second kappa shape index (κ2) is 16.2. The van der Waals surface area contributed by atoms with Crippen LogP contribution in [0.5, 0.6) is 0 Å². The van der Waals surface area contributed by atoms with Gasteiger partial charge in [-0.1, -0.05) is 97.3 Å². The molecule has 2 aromatic carbocycles. The van der Waals surface area contributed by atoms with Crippen LogP contribution in [0, 0.1) is 17.8 Å². The SMILES string of the molecule is CCCCCCCCCCCCC1CCC(N2C(=O)c3ccc(C(=O)O)c4c(C(=O)CC5CCC(C)CC5)ccc(c34)C2=O)CC1. The largest absolute Gasteiger partial charge is 0.478 e. The molecule has 0 radical (unpaired) electrons. The predicted molar refractivity (Wildman–Crippen MR) is 184 cm³/mol. The number of amides is 2. The summed E-state index contributed by atoms with van der Waals surface area (Å²) >= 11 is 0. The summed E-state index contributed by atoms with van der Waals surface area (Å²) in [5.41, 5.74) is 0.965. The lowest BCUT2D eigenvalue weighted by Crippen LogP contribution is -2.48. The highest BCUT2D eigenvalue weighted by molar-refractivity contribution is 6.30. The van der Waals surface area contributed by atoms with Gasteiger partial charge in [0.25, 0.3) is 11.8 Å². The number of aromatic carboxylic acids is 1. The minimum Gasteiger partial charge on any atom is -0.478 e. The summed E-state index contributed by atoms with van der Waals surface area (Å²) in [7, 11) is 0. The van der Waals surface area contributed by atoms with Gasteiger partial charge < -0.3 is 5.11 Å². The van der Waals surface area contributed by atoms with Crippen molar-refractivity contribution in [2.75, 3.05) is 0 Å². The van der Waals surface area contributed by atoms with E-state index in [9.17, 15) is 24.3 Å². The van der Waals surface area contributed by atoms with Gasteiger partial charge in [-0.15, -0.1) is 0 Å². The first-order valence-corrected chi connectivity index (χ1v) is 18.5. The van der Waals surface area contributed by atoms with Crippen LogP contribution >= 0.6 is 0 Å². The third-order valence-corrected chi connectivity index (χ3v) is 11.3. The maximum Gasteiger partial charge on any atom is 0.336 e. The lowest BCUT2D eigenvalue weighted by atomic mass is 9.79. The number of carboxylic acids is 1. The van der Waals surface area contributed by atoms with Crippen LogP contribution in [0.1, 0.15) is 184 Å². The van der Waals surface area contributed by atoms with E-state index in [-0.39, 0.29) is 40.5 Å². The quantitative estimate of drug-likeness (QED) is 0.113. The van der Waals surface area contributed by atoms with Crippen LogP contribution in [0.2, 0.25) is 0 Å². The third kappa shape index (κ3) is 7.91. The Morgan fingerprint density at radius 3 is 1.76 bits per heavy atom. The summed E-state index contributed by atoms with van der Waals surface area (Å²) < 4.78 is 0. The Bertz CT molecular complexity index is 1370. The lowest BCUT2D eigenvalue weighted by molar-refractivity contribution is 0.0480. The highest BCUT2D eigenvalue weighted by Crippen LogP contribution is 2.40.